The molecule has 1 spiro atoms. The molecule has 0 amide bonds. The molecule has 0 aromatic carbocycles. The maximum atomic E-state index is 11.0. The van der Waals surface area contributed by atoms with Gasteiger partial charge in [0.25, 0.3) is 0 Å². The quantitative estimate of drug-likeness (QED) is 0.755. The van der Waals surface area contributed by atoms with Gasteiger partial charge in [0.05, 0.1) is 0 Å². The Morgan fingerprint density at radius 1 is 1.25 bits per heavy atom. The van der Waals surface area contributed by atoms with Crippen molar-refractivity contribution in [3.63, 3.8) is 0 Å². The second kappa shape index (κ2) is 4.72. The largest absolute Gasteiger partial charge is 0.480 e. The highest BCUT2D eigenvalue weighted by Gasteiger charge is 2.39. The third kappa shape index (κ3) is 2.23. The fraction of sp³-hybridized carbons (Fsp3) is 0.917. The Morgan fingerprint density at radius 3 is 2.25 bits per heavy atom. The molecule has 0 bridgehead atoms. The van der Waals surface area contributed by atoms with Gasteiger partial charge in [-0.2, -0.15) is 0 Å². The number of hydrogen-bond donors (Lipinski definition) is 2. The number of carboxylic acids is 1. The maximum absolute atomic E-state index is 11.0. The van der Waals surface area contributed by atoms with Gasteiger partial charge in [-0.15, -0.1) is 0 Å². The fourth-order valence-electron chi connectivity index (χ4n) is 3.34. The zero-order valence-electron chi connectivity index (χ0n) is 9.82. The highest BCUT2D eigenvalue weighted by molar-refractivity contribution is 5.73. The van der Waals surface area contributed by atoms with Gasteiger partial charge in [-0.25, -0.2) is 0 Å². The van der Waals surface area contributed by atoms with Crippen LogP contribution in [-0.2, 0) is 4.79 Å². The van der Waals surface area contributed by atoms with Crippen LogP contribution in [0.1, 0.15) is 38.5 Å². The topological polar surface area (TPSA) is 66.6 Å². The normalized spacial score (nSPS) is 27.1. The Labute approximate surface area is 96.8 Å². The first-order valence-corrected chi connectivity index (χ1v) is 6.34. The van der Waals surface area contributed by atoms with E-state index in [1.165, 1.54) is 25.7 Å². The van der Waals surface area contributed by atoms with Crippen molar-refractivity contribution in [1.29, 1.82) is 0 Å². The lowest BCUT2D eigenvalue weighted by Crippen LogP contribution is -2.51. The van der Waals surface area contributed by atoms with E-state index >= 15 is 0 Å². The van der Waals surface area contributed by atoms with E-state index in [4.69, 9.17) is 10.8 Å². The molecule has 1 aliphatic carbocycles. The van der Waals surface area contributed by atoms with Crippen LogP contribution in [0.5, 0.6) is 0 Å². The first-order chi connectivity index (χ1) is 7.67. The molecule has 4 nitrogen and oxygen atoms in total. The first-order valence-electron chi connectivity index (χ1n) is 6.34. The molecule has 0 radical (unpaired) electrons. The van der Waals surface area contributed by atoms with E-state index in [1.807, 2.05) is 4.90 Å². The summed E-state index contributed by atoms with van der Waals surface area (Å²) in [6.07, 6.45) is 7.74. The lowest BCUT2D eigenvalue weighted by molar-refractivity contribution is -0.143. The highest BCUT2D eigenvalue weighted by Crippen LogP contribution is 2.46. The predicted molar refractivity (Wildman–Crippen MR) is 62.2 cm³/mol. The summed E-state index contributed by atoms with van der Waals surface area (Å²) in [5, 5.41) is 9.06. The van der Waals surface area contributed by atoms with E-state index in [9.17, 15) is 4.79 Å². The van der Waals surface area contributed by atoms with Crippen LogP contribution in [-0.4, -0.2) is 41.7 Å². The molecule has 2 fully saturated rings. The minimum Gasteiger partial charge on any atom is -0.480 e. The summed E-state index contributed by atoms with van der Waals surface area (Å²) in [5.41, 5.74) is 6.08. The summed E-state index contributed by atoms with van der Waals surface area (Å²) in [4.78, 5) is 13.1. The molecule has 0 aromatic rings. The zero-order valence-corrected chi connectivity index (χ0v) is 9.82. The van der Waals surface area contributed by atoms with Gasteiger partial charge in [0, 0.05) is 6.54 Å². The van der Waals surface area contributed by atoms with Crippen LogP contribution in [0, 0.1) is 5.41 Å². The van der Waals surface area contributed by atoms with E-state index in [1.54, 1.807) is 0 Å². The van der Waals surface area contributed by atoms with Crippen LogP contribution < -0.4 is 5.73 Å². The molecule has 1 saturated heterocycles. The average molecular weight is 226 g/mol. The number of nitrogens with two attached hydrogens (primary N) is 1. The lowest BCUT2D eigenvalue weighted by atomic mass is 9.77. The molecule has 1 unspecified atom stereocenters. The van der Waals surface area contributed by atoms with Crippen molar-refractivity contribution in [2.45, 2.75) is 44.6 Å². The molecule has 2 aliphatic rings. The van der Waals surface area contributed by atoms with E-state index in [0.29, 0.717) is 5.41 Å². The highest BCUT2D eigenvalue weighted by atomic mass is 16.4. The van der Waals surface area contributed by atoms with E-state index in [0.717, 1.165) is 25.9 Å². The van der Waals surface area contributed by atoms with Crippen LogP contribution >= 0.6 is 0 Å². The minimum absolute atomic E-state index is 0.225. The summed E-state index contributed by atoms with van der Waals surface area (Å²) < 4.78 is 0. The van der Waals surface area contributed by atoms with Gasteiger partial charge in [-0.1, -0.05) is 12.8 Å². The van der Waals surface area contributed by atoms with Gasteiger partial charge in [0.1, 0.15) is 6.04 Å². The summed E-state index contributed by atoms with van der Waals surface area (Å²) in [7, 11) is 0. The number of carboxylic acid groups (broad SMARTS) is 1. The number of nitrogens with zero attached hydrogens (tertiary/aromatic N) is 1. The monoisotopic (exact) mass is 226 g/mol. The smallest absolute Gasteiger partial charge is 0.322 e. The number of likely N-dealkylation sites (tertiary alicyclic amines) is 1. The molecule has 3 N–H and O–H groups in total. The standard InChI is InChI=1S/C12H22N2O2/c13-9-10(11(15)16)14-7-5-12(6-8-14)3-1-2-4-12/h10H,1-9,13H2,(H,15,16). The lowest BCUT2D eigenvalue weighted by Gasteiger charge is -2.41. The molecule has 16 heavy (non-hydrogen) atoms. The van der Waals surface area contributed by atoms with Crippen LogP contribution in [0.3, 0.4) is 0 Å². The van der Waals surface area contributed by atoms with Crippen LogP contribution in [0.2, 0.25) is 0 Å². The van der Waals surface area contributed by atoms with E-state index in [-0.39, 0.29) is 6.54 Å². The second-order valence-corrected chi connectivity index (χ2v) is 5.33. The molecule has 1 aliphatic heterocycles. The van der Waals surface area contributed by atoms with Crippen molar-refractivity contribution in [3.05, 3.63) is 0 Å². The van der Waals surface area contributed by atoms with E-state index < -0.39 is 12.0 Å². The van der Waals surface area contributed by atoms with Crippen molar-refractivity contribution in [2.24, 2.45) is 11.1 Å². The Balaban J connectivity index is 1.91. The van der Waals surface area contributed by atoms with E-state index in [2.05, 4.69) is 0 Å². The van der Waals surface area contributed by atoms with Gasteiger partial charge in [-0.3, -0.25) is 9.69 Å². The summed E-state index contributed by atoms with van der Waals surface area (Å²) in [6.45, 7) is 2.05. The summed E-state index contributed by atoms with van der Waals surface area (Å²) in [6, 6.07) is -0.473. The number of rotatable bonds is 3. The number of hydrogen-bond acceptors (Lipinski definition) is 3. The average Bonchev–Trinajstić information content (AvgIpc) is 2.70. The molecule has 1 atom stereocenters. The maximum Gasteiger partial charge on any atom is 0.322 e. The number of aliphatic carboxylic acids is 1. The molecule has 2 rings (SSSR count). The molecule has 4 heteroatoms. The van der Waals surface area contributed by atoms with Gasteiger partial charge in [0.2, 0.25) is 0 Å². The Kier molecular flexibility index (Phi) is 3.50. The molecule has 1 saturated carbocycles. The van der Waals surface area contributed by atoms with Crippen molar-refractivity contribution in [2.75, 3.05) is 19.6 Å². The van der Waals surface area contributed by atoms with Gasteiger partial charge >= 0.3 is 5.97 Å². The van der Waals surface area contributed by atoms with Crippen molar-refractivity contribution in [1.82, 2.24) is 4.90 Å². The fourth-order valence-corrected chi connectivity index (χ4v) is 3.34. The predicted octanol–water partition coefficient (Wildman–Crippen LogP) is 1.05. The second-order valence-electron chi connectivity index (χ2n) is 5.33. The van der Waals surface area contributed by atoms with Crippen molar-refractivity contribution in [3.8, 4) is 0 Å². The Hall–Kier alpha value is -0.610. The third-order valence-corrected chi connectivity index (χ3v) is 4.47. The molecular formula is C12H22N2O2. The molecule has 92 valence electrons. The first kappa shape index (κ1) is 11.9. The summed E-state index contributed by atoms with van der Waals surface area (Å²) >= 11 is 0. The minimum atomic E-state index is -0.773. The number of carbonyl (C=O) groups is 1. The summed E-state index contributed by atoms with van der Waals surface area (Å²) in [5.74, 6) is -0.773. The van der Waals surface area contributed by atoms with Crippen molar-refractivity contribution >= 4 is 5.97 Å². The number of piperidine rings is 1. The Bertz CT molecular complexity index is 252. The van der Waals surface area contributed by atoms with Crippen LogP contribution in [0.15, 0.2) is 0 Å². The van der Waals surface area contributed by atoms with Crippen molar-refractivity contribution < 1.29 is 9.90 Å². The van der Waals surface area contributed by atoms with Gasteiger partial charge < -0.3 is 10.8 Å². The zero-order chi connectivity index (χ0) is 11.6. The van der Waals surface area contributed by atoms with Crippen LogP contribution in [0.4, 0.5) is 0 Å². The van der Waals surface area contributed by atoms with Gasteiger partial charge in [0.15, 0.2) is 0 Å². The van der Waals surface area contributed by atoms with Crippen LogP contribution in [0.25, 0.3) is 0 Å². The molecular weight excluding hydrogens is 204 g/mol. The third-order valence-electron chi connectivity index (χ3n) is 4.47. The Morgan fingerprint density at radius 2 is 1.81 bits per heavy atom. The molecule has 1 heterocycles. The molecule has 0 aromatic heterocycles. The van der Waals surface area contributed by atoms with Gasteiger partial charge in [-0.05, 0) is 44.2 Å². The SMILES string of the molecule is NCC(C(=O)O)N1CCC2(CCCC2)CC1.